The number of aryl methyl sites for hydroxylation is 3. The molecule has 0 amide bonds. The Morgan fingerprint density at radius 3 is 2.38 bits per heavy atom. The summed E-state index contributed by atoms with van der Waals surface area (Å²) in [4.78, 5) is 10.9. The van der Waals surface area contributed by atoms with E-state index in [1.165, 1.54) is 0 Å². The number of carboxylic acids is 1. The highest BCUT2D eigenvalue weighted by Gasteiger charge is 2.31. The number of hydrogen-bond acceptors (Lipinski definition) is 7. The molecule has 10 heteroatoms. The topological polar surface area (TPSA) is 153 Å². The van der Waals surface area contributed by atoms with Crippen molar-refractivity contribution in [1.29, 1.82) is 0 Å². The van der Waals surface area contributed by atoms with E-state index in [9.17, 15) is 25.2 Å². The second-order valence-corrected chi connectivity index (χ2v) is 11.1. The Morgan fingerprint density at radius 1 is 1.03 bits per heavy atom. The molecule has 0 aliphatic rings. The fourth-order valence-electron chi connectivity index (χ4n) is 4.90. The third-order valence-corrected chi connectivity index (χ3v) is 7.38. The van der Waals surface area contributed by atoms with Crippen LogP contribution in [0.2, 0.25) is 0 Å². The number of unbranched alkanes of at least 4 members (excludes halogenated alkanes) is 1. The number of aliphatic hydroxyl groups is 4. The minimum Gasteiger partial charge on any atom is -0.481 e. The summed E-state index contributed by atoms with van der Waals surface area (Å²) in [5, 5.41) is 53.2. The molecule has 0 saturated carbocycles. The van der Waals surface area contributed by atoms with Crippen molar-refractivity contribution in [2.24, 2.45) is 5.92 Å². The van der Waals surface area contributed by atoms with E-state index in [-0.39, 0.29) is 19.0 Å². The van der Waals surface area contributed by atoms with Crippen LogP contribution in [0.3, 0.4) is 0 Å². The summed E-state index contributed by atoms with van der Waals surface area (Å²) < 4.78 is 9.78. The van der Waals surface area contributed by atoms with Crippen molar-refractivity contribution < 1.29 is 39.4 Å². The van der Waals surface area contributed by atoms with Crippen LogP contribution in [0.25, 0.3) is 11.0 Å². The molecule has 0 aliphatic heterocycles. The van der Waals surface area contributed by atoms with Gasteiger partial charge >= 0.3 is 5.97 Å². The lowest BCUT2D eigenvalue weighted by Crippen LogP contribution is -2.48. The Morgan fingerprint density at radius 2 is 1.72 bits per heavy atom. The van der Waals surface area contributed by atoms with Crippen LogP contribution in [-0.4, -0.2) is 66.1 Å². The molecule has 0 spiro atoms. The summed E-state index contributed by atoms with van der Waals surface area (Å²) in [5.74, 6) is 0.454. The van der Waals surface area contributed by atoms with E-state index in [0.29, 0.717) is 30.2 Å². The van der Waals surface area contributed by atoms with Gasteiger partial charge in [0.2, 0.25) is 6.33 Å². The van der Waals surface area contributed by atoms with Gasteiger partial charge in [-0.25, -0.2) is 9.13 Å². The van der Waals surface area contributed by atoms with Crippen molar-refractivity contribution in [1.82, 2.24) is 9.72 Å². The predicted molar refractivity (Wildman–Crippen MR) is 145 cm³/mol. The highest BCUT2D eigenvalue weighted by molar-refractivity contribution is 5.74. The first-order chi connectivity index (χ1) is 18.5. The molecule has 2 heterocycles. The van der Waals surface area contributed by atoms with Gasteiger partial charge in [0.05, 0.1) is 12.3 Å². The predicted octanol–water partition coefficient (Wildman–Crippen LogP) is 2.82. The first-order valence-corrected chi connectivity index (χ1v) is 13.8. The van der Waals surface area contributed by atoms with Gasteiger partial charge in [-0.3, -0.25) is 4.79 Å². The van der Waals surface area contributed by atoms with Crippen molar-refractivity contribution in [2.75, 3.05) is 6.61 Å². The van der Waals surface area contributed by atoms with Gasteiger partial charge in [-0.1, -0.05) is 31.8 Å². The summed E-state index contributed by atoms with van der Waals surface area (Å²) >= 11 is 0. The van der Waals surface area contributed by atoms with Gasteiger partial charge in [0.15, 0.2) is 22.8 Å². The average molecular weight is 547 g/mol. The molecular weight excluding hydrogens is 502 g/mol. The first kappa shape index (κ1) is 30.7. The second-order valence-electron chi connectivity index (χ2n) is 11.1. The zero-order valence-corrected chi connectivity index (χ0v) is 23.5. The molecule has 0 saturated heterocycles. The van der Waals surface area contributed by atoms with E-state index in [1.54, 1.807) is 0 Å². The molecule has 3 aromatic rings. The maximum atomic E-state index is 10.9. The van der Waals surface area contributed by atoms with Crippen molar-refractivity contribution in [3.63, 3.8) is 0 Å². The molecule has 0 aliphatic carbocycles. The van der Waals surface area contributed by atoms with Crippen LogP contribution in [0.1, 0.15) is 81.0 Å². The summed E-state index contributed by atoms with van der Waals surface area (Å²) in [6.07, 6.45) is 2.65. The molecule has 3 rings (SSSR count). The standard InChI is InChI=1S/C29H43N3O7/c1-18(2)8-5-6-10-22(27-14-21(30-39-27)9-7-11-28(36)37)32-17-31(15-25(34)29(38)26(35)16-33)23-12-19(3)20(4)13-24(23)32/h12-14,17-18,22,25-26,29,33-35,38H,5-11,15-16H2,1-4H3/p+1/t22-,25+,26-,29+/m1/s1. The molecule has 0 radical (unpaired) electrons. The number of nitrogens with zero attached hydrogens (tertiary/aromatic N) is 3. The monoisotopic (exact) mass is 546 g/mol. The van der Waals surface area contributed by atoms with E-state index in [0.717, 1.165) is 47.8 Å². The van der Waals surface area contributed by atoms with Gasteiger partial charge in [0.25, 0.3) is 0 Å². The third kappa shape index (κ3) is 8.11. The van der Waals surface area contributed by atoms with Crippen molar-refractivity contribution in [2.45, 2.75) is 104 Å². The highest BCUT2D eigenvalue weighted by atomic mass is 16.5. The number of aliphatic carboxylic acids is 1. The van der Waals surface area contributed by atoms with E-state index in [1.807, 2.05) is 36.9 Å². The minimum absolute atomic E-state index is 0.0150. The van der Waals surface area contributed by atoms with Gasteiger partial charge in [-0.15, -0.1) is 0 Å². The maximum Gasteiger partial charge on any atom is 0.303 e. The number of benzene rings is 1. The molecule has 39 heavy (non-hydrogen) atoms. The normalized spacial score (nSPS) is 15.1. The number of fused-ring (bicyclic) bond motifs is 1. The molecule has 0 fully saturated rings. The molecule has 0 unspecified atom stereocenters. The number of carboxylic acid groups (broad SMARTS) is 1. The van der Waals surface area contributed by atoms with Crippen LogP contribution in [0.4, 0.5) is 0 Å². The fourth-order valence-corrected chi connectivity index (χ4v) is 4.90. The van der Waals surface area contributed by atoms with Crippen LogP contribution in [0.15, 0.2) is 29.0 Å². The lowest BCUT2D eigenvalue weighted by Gasteiger charge is -2.20. The zero-order chi connectivity index (χ0) is 28.7. The quantitative estimate of drug-likeness (QED) is 0.136. The average Bonchev–Trinajstić information content (AvgIpc) is 3.48. The van der Waals surface area contributed by atoms with Crippen LogP contribution in [0.5, 0.6) is 0 Å². The minimum atomic E-state index is -1.50. The molecule has 216 valence electrons. The summed E-state index contributed by atoms with van der Waals surface area (Å²) in [6, 6.07) is 5.85. The molecule has 2 aromatic heterocycles. The van der Waals surface area contributed by atoms with Crippen molar-refractivity contribution in [3.05, 3.63) is 47.1 Å². The van der Waals surface area contributed by atoms with Crippen LogP contribution < -0.4 is 4.57 Å². The largest absolute Gasteiger partial charge is 0.481 e. The van der Waals surface area contributed by atoms with Gasteiger partial charge in [-0.05, 0) is 68.7 Å². The van der Waals surface area contributed by atoms with Gasteiger partial charge in [-0.2, -0.15) is 0 Å². The maximum absolute atomic E-state index is 10.9. The summed E-state index contributed by atoms with van der Waals surface area (Å²) in [5.41, 5.74) is 4.69. The van der Waals surface area contributed by atoms with E-state index in [2.05, 4.69) is 29.6 Å². The lowest BCUT2D eigenvalue weighted by atomic mass is 10.0. The Labute approximate surface area is 229 Å². The first-order valence-electron chi connectivity index (χ1n) is 13.8. The fraction of sp³-hybridized carbons (Fsp3) is 0.621. The van der Waals surface area contributed by atoms with Crippen LogP contribution in [0, 0.1) is 19.8 Å². The Hall–Kier alpha value is -2.79. The number of aliphatic hydroxyl groups excluding tert-OH is 4. The molecule has 4 atom stereocenters. The van der Waals surface area contributed by atoms with Crippen molar-refractivity contribution >= 4 is 17.0 Å². The van der Waals surface area contributed by atoms with Crippen molar-refractivity contribution in [3.8, 4) is 0 Å². The zero-order valence-electron chi connectivity index (χ0n) is 23.5. The molecule has 1 aromatic carbocycles. The molecule has 5 N–H and O–H groups in total. The highest BCUT2D eigenvalue weighted by Crippen LogP contribution is 2.30. The number of carbonyl (C=O) groups is 1. The van der Waals surface area contributed by atoms with E-state index >= 15 is 0 Å². The molecular formula is C29H44N3O7+. The summed E-state index contributed by atoms with van der Waals surface area (Å²) in [6.45, 7) is 7.83. The number of aromatic nitrogens is 3. The second kappa shape index (κ2) is 14.0. The smallest absolute Gasteiger partial charge is 0.303 e. The van der Waals surface area contributed by atoms with E-state index in [4.69, 9.17) is 9.63 Å². The lowest BCUT2D eigenvalue weighted by molar-refractivity contribution is -0.681. The van der Waals surface area contributed by atoms with E-state index < -0.39 is 30.9 Å². The molecule has 0 bridgehead atoms. The molecule has 10 nitrogen and oxygen atoms in total. The third-order valence-electron chi connectivity index (χ3n) is 7.38. The Bertz CT molecular complexity index is 1220. The van der Waals surface area contributed by atoms with Crippen LogP contribution in [-0.2, 0) is 17.8 Å². The van der Waals surface area contributed by atoms with Crippen LogP contribution >= 0.6 is 0 Å². The number of imidazole rings is 1. The Balaban J connectivity index is 2.00. The van der Waals surface area contributed by atoms with Gasteiger partial charge < -0.3 is 30.1 Å². The SMILES string of the molecule is Cc1cc2c(cc1C)[n+](C[C@H](O)[C@H](O)[C@H](O)CO)cn2[C@H](CCCCC(C)C)c1cc(CCCC(=O)O)no1. The van der Waals surface area contributed by atoms with Gasteiger partial charge in [0.1, 0.15) is 24.9 Å². The number of hydrogen-bond donors (Lipinski definition) is 5. The summed E-state index contributed by atoms with van der Waals surface area (Å²) in [7, 11) is 0. The Kier molecular flexibility index (Phi) is 11.1. The number of rotatable bonds is 16. The van der Waals surface area contributed by atoms with Gasteiger partial charge in [0, 0.05) is 12.5 Å².